The molecule has 0 rings (SSSR count). The van der Waals surface area contributed by atoms with Gasteiger partial charge in [-0.25, -0.2) is 4.57 Å². The van der Waals surface area contributed by atoms with E-state index in [1.807, 2.05) is 28.1 Å². The second-order valence-electron chi connectivity index (χ2n) is 21.6. The Morgan fingerprint density at radius 2 is 0.930 bits per heavy atom. The van der Waals surface area contributed by atoms with E-state index in [0.717, 1.165) is 38.5 Å². The van der Waals surface area contributed by atoms with Gasteiger partial charge in [0.2, 0.25) is 0 Å². The van der Waals surface area contributed by atoms with Gasteiger partial charge in [0.15, 0.2) is 6.10 Å². The maximum Gasteiger partial charge on any atom is 0.472 e. The molecule has 5 atom stereocenters. The highest BCUT2D eigenvalue weighted by atomic mass is 31.2. The number of carbonyl (C=O) groups excluding carboxylic acids is 3. The topological polar surface area (TPSA) is 181 Å². The number of carboxylic acid groups (broad SMARTS) is 1. The standard InChI is InChI=1S/C56H108NO13P/c1-8-10-12-14-16-18-20-22-24-26-28-30-32-34-36-39-54(60)67-47-52(70-55(61)40-37-35-33-31-29-27-25-23-21-19-17-15-13-11-9-2)48-69-71(63,64)68-42-38-41-65-56(62)50(4)43-49(3)46-66-51(44-53(58)59)45-57(5,6)7/h49-52H,8-48H2,1-7H3,(H-,58,59,63,64)/p+1/t49?,50?,51?,52-/m1/s1. The van der Waals surface area contributed by atoms with Gasteiger partial charge in [0.05, 0.1) is 53.3 Å². The summed E-state index contributed by atoms with van der Waals surface area (Å²) in [4.78, 5) is 60.0. The van der Waals surface area contributed by atoms with Crippen LogP contribution < -0.4 is 0 Å². The Bertz CT molecular complexity index is 1340. The van der Waals surface area contributed by atoms with Crippen LogP contribution in [0.25, 0.3) is 0 Å². The van der Waals surface area contributed by atoms with Gasteiger partial charge in [-0.2, -0.15) is 0 Å². The molecule has 0 aliphatic rings. The fourth-order valence-electron chi connectivity index (χ4n) is 8.72. The Labute approximate surface area is 433 Å². The molecule has 15 heteroatoms. The van der Waals surface area contributed by atoms with Crippen LogP contribution in [0.15, 0.2) is 0 Å². The quantitative estimate of drug-likeness (QED) is 0.0193. The number of likely N-dealkylation sites (N-methyl/N-ethyl adjacent to an activating group) is 1. The van der Waals surface area contributed by atoms with Gasteiger partial charge in [-0.1, -0.05) is 207 Å². The Morgan fingerprint density at radius 1 is 0.507 bits per heavy atom. The van der Waals surface area contributed by atoms with Crippen molar-refractivity contribution in [2.75, 3.05) is 60.7 Å². The summed E-state index contributed by atoms with van der Waals surface area (Å²) in [6, 6.07) is 0. The molecule has 0 aromatic heterocycles. The van der Waals surface area contributed by atoms with Crippen LogP contribution in [-0.2, 0) is 51.7 Å². The Morgan fingerprint density at radius 3 is 1.35 bits per heavy atom. The van der Waals surface area contributed by atoms with Crippen LogP contribution in [0.1, 0.15) is 252 Å². The maximum absolute atomic E-state index is 12.9. The van der Waals surface area contributed by atoms with E-state index in [4.69, 9.17) is 28.0 Å². The lowest BCUT2D eigenvalue weighted by Gasteiger charge is -2.29. The number of nitrogens with zero attached hydrogens (tertiary/aromatic N) is 1. The minimum Gasteiger partial charge on any atom is -0.481 e. The van der Waals surface area contributed by atoms with Crippen LogP contribution in [0, 0.1) is 11.8 Å². The highest BCUT2D eigenvalue weighted by Gasteiger charge is 2.27. The molecule has 0 amide bonds. The first-order valence-corrected chi connectivity index (χ1v) is 30.2. The summed E-state index contributed by atoms with van der Waals surface area (Å²) >= 11 is 0. The number of carbonyl (C=O) groups is 4. The van der Waals surface area contributed by atoms with Crippen molar-refractivity contribution in [3.05, 3.63) is 0 Å². The van der Waals surface area contributed by atoms with Crippen molar-refractivity contribution in [2.45, 2.75) is 265 Å². The van der Waals surface area contributed by atoms with Crippen LogP contribution >= 0.6 is 7.82 Å². The monoisotopic (exact) mass is 1030 g/mol. The van der Waals surface area contributed by atoms with E-state index in [-0.39, 0.29) is 51.4 Å². The van der Waals surface area contributed by atoms with E-state index < -0.39 is 56.4 Å². The van der Waals surface area contributed by atoms with E-state index in [1.165, 1.54) is 141 Å². The molecule has 0 saturated carbocycles. The van der Waals surface area contributed by atoms with Crippen molar-refractivity contribution in [2.24, 2.45) is 11.8 Å². The number of ether oxygens (including phenoxy) is 4. The average molecular weight is 1040 g/mol. The zero-order valence-electron chi connectivity index (χ0n) is 46.6. The van der Waals surface area contributed by atoms with E-state index in [2.05, 4.69) is 13.8 Å². The molecule has 14 nitrogen and oxygen atoms in total. The van der Waals surface area contributed by atoms with Crippen molar-refractivity contribution in [1.82, 2.24) is 0 Å². The number of carboxylic acids is 1. The highest BCUT2D eigenvalue weighted by molar-refractivity contribution is 7.47. The molecular formula is C56H109NO13P+. The zero-order chi connectivity index (χ0) is 52.9. The fourth-order valence-corrected chi connectivity index (χ4v) is 9.51. The first kappa shape index (κ1) is 68.9. The van der Waals surface area contributed by atoms with Gasteiger partial charge in [0.25, 0.3) is 0 Å². The summed E-state index contributed by atoms with van der Waals surface area (Å²) in [5.74, 6) is -2.74. The second kappa shape index (κ2) is 46.4. The molecule has 4 unspecified atom stereocenters. The van der Waals surface area contributed by atoms with Crippen molar-refractivity contribution >= 4 is 31.7 Å². The molecule has 0 aromatic carbocycles. The number of hydrogen-bond donors (Lipinski definition) is 2. The van der Waals surface area contributed by atoms with E-state index >= 15 is 0 Å². The summed E-state index contributed by atoms with van der Waals surface area (Å²) in [6.07, 6.45) is 36.0. The molecule has 0 spiro atoms. The van der Waals surface area contributed by atoms with Crippen molar-refractivity contribution in [3.8, 4) is 0 Å². The average Bonchev–Trinajstić information content (AvgIpc) is 3.30. The van der Waals surface area contributed by atoms with Gasteiger partial charge in [0, 0.05) is 25.9 Å². The third kappa shape index (κ3) is 48.6. The van der Waals surface area contributed by atoms with Gasteiger partial charge < -0.3 is 33.4 Å². The first-order chi connectivity index (χ1) is 34.0. The van der Waals surface area contributed by atoms with E-state index in [9.17, 15) is 33.7 Å². The molecule has 2 N–H and O–H groups in total. The molecule has 71 heavy (non-hydrogen) atoms. The lowest BCUT2D eigenvalue weighted by atomic mass is 9.98. The largest absolute Gasteiger partial charge is 0.481 e. The number of unbranched alkanes of at least 4 members (excludes halogenated alkanes) is 28. The SMILES string of the molecule is CCCCCCCCCCCCCCCCCC(=O)OC[C@H](COP(=O)(O)OCCCOC(=O)C(C)CC(C)COC(CC(=O)O)C[N+](C)(C)C)OC(=O)CCCCCCCCCCCCCCCCC. The van der Waals surface area contributed by atoms with Gasteiger partial charge in [0.1, 0.15) is 19.3 Å². The molecule has 0 saturated heterocycles. The van der Waals surface area contributed by atoms with Crippen molar-refractivity contribution in [1.29, 1.82) is 0 Å². The van der Waals surface area contributed by atoms with Gasteiger partial charge in [-0.3, -0.25) is 28.2 Å². The number of phosphoric acid groups is 1. The number of hydrogen-bond acceptors (Lipinski definition) is 11. The number of esters is 3. The maximum atomic E-state index is 12.9. The molecule has 0 aliphatic heterocycles. The summed E-state index contributed by atoms with van der Waals surface area (Å²) < 4.78 is 46.1. The molecule has 0 fully saturated rings. The van der Waals surface area contributed by atoms with Crippen LogP contribution in [0.5, 0.6) is 0 Å². The smallest absolute Gasteiger partial charge is 0.472 e. The minimum atomic E-state index is -4.60. The molecule has 420 valence electrons. The Hall–Kier alpha value is -2.09. The number of phosphoric ester groups is 1. The van der Waals surface area contributed by atoms with E-state index in [0.29, 0.717) is 36.9 Å². The Kier molecular flexibility index (Phi) is 45.1. The van der Waals surface area contributed by atoms with Crippen LogP contribution in [-0.4, -0.2) is 111 Å². The lowest BCUT2D eigenvalue weighted by Crippen LogP contribution is -2.43. The van der Waals surface area contributed by atoms with Crippen LogP contribution in [0.3, 0.4) is 0 Å². The zero-order valence-corrected chi connectivity index (χ0v) is 47.5. The summed E-state index contributed by atoms with van der Waals surface area (Å²) in [5, 5.41) is 9.28. The third-order valence-electron chi connectivity index (χ3n) is 12.8. The lowest BCUT2D eigenvalue weighted by molar-refractivity contribution is -0.873. The predicted octanol–water partition coefficient (Wildman–Crippen LogP) is 14.3. The van der Waals surface area contributed by atoms with E-state index in [1.54, 1.807) is 6.92 Å². The fraction of sp³-hybridized carbons (Fsp3) is 0.929. The normalized spacial score (nSPS) is 14.4. The third-order valence-corrected chi connectivity index (χ3v) is 13.8. The van der Waals surface area contributed by atoms with Crippen LogP contribution in [0.4, 0.5) is 0 Å². The molecule has 0 bridgehead atoms. The predicted molar refractivity (Wildman–Crippen MR) is 285 cm³/mol. The number of rotatable bonds is 53. The summed E-state index contributed by atoms with van der Waals surface area (Å²) in [7, 11) is 1.31. The minimum absolute atomic E-state index is 0.0265. The molecule has 0 radical (unpaired) electrons. The van der Waals surface area contributed by atoms with Crippen molar-refractivity contribution < 1.29 is 66.2 Å². The molecule has 0 heterocycles. The Balaban J connectivity index is 4.75. The highest BCUT2D eigenvalue weighted by Crippen LogP contribution is 2.43. The number of aliphatic carboxylic acids is 1. The van der Waals surface area contributed by atoms with Gasteiger partial charge in [-0.05, 0) is 25.2 Å². The van der Waals surface area contributed by atoms with Gasteiger partial charge in [-0.15, -0.1) is 0 Å². The molecule has 0 aliphatic carbocycles. The summed E-state index contributed by atoms with van der Waals surface area (Å²) in [6.45, 7) is 7.91. The summed E-state index contributed by atoms with van der Waals surface area (Å²) in [5.41, 5.74) is 0. The number of quaternary nitrogens is 1. The van der Waals surface area contributed by atoms with Gasteiger partial charge >= 0.3 is 31.7 Å². The molecule has 0 aromatic rings. The van der Waals surface area contributed by atoms with Crippen LogP contribution in [0.2, 0.25) is 0 Å². The second-order valence-corrected chi connectivity index (χ2v) is 23.0. The molecular weight excluding hydrogens is 926 g/mol. The first-order valence-electron chi connectivity index (χ1n) is 28.7. The van der Waals surface area contributed by atoms with Crippen molar-refractivity contribution in [3.63, 3.8) is 0 Å².